The molecule has 1 amide bonds. The van der Waals surface area contributed by atoms with E-state index in [1.165, 1.54) is 12.0 Å². The minimum Gasteiger partial charge on any atom is -0.507 e. The molecule has 4 heterocycles. The minimum absolute atomic E-state index is 0.0667. The molecule has 0 radical (unpaired) electrons. The molecular weight excluding hydrogens is 442 g/mol. The molecule has 0 aliphatic carbocycles. The highest BCUT2D eigenvalue weighted by Gasteiger charge is 2.48. The summed E-state index contributed by atoms with van der Waals surface area (Å²) >= 11 is 0. The van der Waals surface area contributed by atoms with Crippen molar-refractivity contribution in [2.45, 2.75) is 26.8 Å². The average molecular weight is 472 g/mol. The smallest absolute Gasteiger partial charge is 0.354 e. The van der Waals surface area contributed by atoms with Gasteiger partial charge in [0.1, 0.15) is 29.0 Å². The fraction of sp³-hybridized carbons (Fsp3) is 0.458. The summed E-state index contributed by atoms with van der Waals surface area (Å²) < 4.78 is 16.0. The van der Waals surface area contributed by atoms with E-state index in [0.29, 0.717) is 48.1 Å². The number of nitrogens with one attached hydrogen (secondary N) is 1. The standard InChI is InChI=1S/C24H29N3O7/c1-13-5-6-16(34-13)20-18(21(28)17-14(2)19(24(31)32-4)25-15(17)3)22(29)23(30)27(20)8-7-26-9-11-33-12-10-26/h5-6,20,25,28H,7-12H2,1-4H3/b21-18+. The number of hydrogen-bond donors (Lipinski definition) is 2. The number of aliphatic hydroxyl groups is 1. The first kappa shape index (κ1) is 23.8. The van der Waals surface area contributed by atoms with Gasteiger partial charge in [0.05, 0.1) is 25.9 Å². The van der Waals surface area contributed by atoms with Crippen molar-refractivity contribution in [2.75, 3.05) is 46.5 Å². The van der Waals surface area contributed by atoms with E-state index in [2.05, 4.69) is 9.88 Å². The third-order valence-electron chi connectivity index (χ3n) is 6.40. The number of aryl methyl sites for hydroxylation is 2. The van der Waals surface area contributed by atoms with E-state index in [0.717, 1.165) is 13.1 Å². The van der Waals surface area contributed by atoms with Crippen LogP contribution in [0.25, 0.3) is 5.76 Å². The average Bonchev–Trinajstić information content (AvgIpc) is 3.46. The third kappa shape index (κ3) is 4.14. The number of Topliss-reactive ketones (excluding diaryl/α,β-unsaturated/α-hetero) is 1. The van der Waals surface area contributed by atoms with Crippen LogP contribution in [0.5, 0.6) is 0 Å². The van der Waals surface area contributed by atoms with Crippen molar-refractivity contribution >= 4 is 23.4 Å². The van der Waals surface area contributed by atoms with Gasteiger partial charge < -0.3 is 28.9 Å². The van der Waals surface area contributed by atoms with E-state index < -0.39 is 23.7 Å². The number of methoxy groups -OCH3 is 1. The Balaban J connectivity index is 1.78. The lowest BCUT2D eigenvalue weighted by Gasteiger charge is -2.30. The number of hydrogen-bond acceptors (Lipinski definition) is 8. The number of ketones is 1. The Hall–Kier alpha value is -3.37. The molecule has 0 spiro atoms. The number of rotatable bonds is 6. The van der Waals surface area contributed by atoms with Crippen molar-refractivity contribution in [1.82, 2.24) is 14.8 Å². The number of aromatic amines is 1. The number of likely N-dealkylation sites (tertiary alicyclic amines) is 1. The zero-order chi connectivity index (χ0) is 24.6. The maximum atomic E-state index is 13.2. The number of ether oxygens (including phenoxy) is 2. The zero-order valence-electron chi connectivity index (χ0n) is 19.8. The third-order valence-corrected chi connectivity index (χ3v) is 6.40. The molecule has 0 saturated carbocycles. The second-order valence-electron chi connectivity index (χ2n) is 8.51. The van der Waals surface area contributed by atoms with Crippen LogP contribution in [-0.2, 0) is 19.1 Å². The Bertz CT molecular complexity index is 1150. The molecule has 0 aromatic carbocycles. The number of aromatic nitrogens is 1. The van der Waals surface area contributed by atoms with Gasteiger partial charge in [-0.3, -0.25) is 14.5 Å². The van der Waals surface area contributed by atoms with E-state index in [9.17, 15) is 19.5 Å². The number of morpholine rings is 1. The highest BCUT2D eigenvalue weighted by Crippen LogP contribution is 2.41. The Morgan fingerprint density at radius 1 is 1.18 bits per heavy atom. The summed E-state index contributed by atoms with van der Waals surface area (Å²) in [6.45, 7) is 8.65. The molecule has 10 nitrogen and oxygen atoms in total. The van der Waals surface area contributed by atoms with E-state index >= 15 is 0 Å². The number of H-pyrrole nitrogens is 1. The molecule has 1 atom stereocenters. The van der Waals surface area contributed by atoms with Gasteiger partial charge >= 0.3 is 5.97 Å². The highest BCUT2D eigenvalue weighted by molar-refractivity contribution is 6.46. The second-order valence-corrected chi connectivity index (χ2v) is 8.51. The molecule has 34 heavy (non-hydrogen) atoms. The summed E-state index contributed by atoms with van der Waals surface area (Å²) in [6, 6.07) is 2.57. The summed E-state index contributed by atoms with van der Waals surface area (Å²) in [6.07, 6.45) is 0. The molecule has 2 saturated heterocycles. The van der Waals surface area contributed by atoms with Gasteiger partial charge in [-0.15, -0.1) is 0 Å². The molecule has 182 valence electrons. The molecule has 10 heteroatoms. The fourth-order valence-corrected chi connectivity index (χ4v) is 4.63. The van der Waals surface area contributed by atoms with Gasteiger partial charge in [0, 0.05) is 37.4 Å². The van der Waals surface area contributed by atoms with Crippen molar-refractivity contribution in [2.24, 2.45) is 0 Å². The number of carbonyl (C=O) groups excluding carboxylic acids is 3. The second kappa shape index (κ2) is 9.47. The summed E-state index contributed by atoms with van der Waals surface area (Å²) in [5.41, 5.74) is 1.30. The molecule has 1 unspecified atom stereocenters. The molecule has 2 N–H and O–H groups in total. The van der Waals surface area contributed by atoms with Crippen molar-refractivity contribution in [3.63, 3.8) is 0 Å². The minimum atomic E-state index is -0.884. The van der Waals surface area contributed by atoms with Crippen molar-refractivity contribution in [3.8, 4) is 0 Å². The van der Waals surface area contributed by atoms with Gasteiger partial charge in [-0.1, -0.05) is 0 Å². The number of esters is 1. The van der Waals surface area contributed by atoms with Crippen molar-refractivity contribution in [1.29, 1.82) is 0 Å². The van der Waals surface area contributed by atoms with E-state index in [-0.39, 0.29) is 23.6 Å². The van der Waals surface area contributed by atoms with Crippen molar-refractivity contribution in [3.05, 3.63) is 51.7 Å². The SMILES string of the molecule is COC(=O)c1[nH]c(C)c(/C(O)=C2\C(=O)C(=O)N(CCN3CCOCC3)C2c2ccc(C)o2)c1C. The fourth-order valence-electron chi connectivity index (χ4n) is 4.63. The van der Waals surface area contributed by atoms with Crippen LogP contribution in [0, 0.1) is 20.8 Å². The lowest BCUT2D eigenvalue weighted by Crippen LogP contribution is -2.42. The van der Waals surface area contributed by atoms with Crippen molar-refractivity contribution < 1.29 is 33.4 Å². The number of nitrogens with zero attached hydrogens (tertiary/aromatic N) is 2. The molecule has 2 aromatic rings. The molecule has 2 aliphatic heterocycles. The maximum Gasteiger partial charge on any atom is 0.354 e. The summed E-state index contributed by atoms with van der Waals surface area (Å²) in [5, 5.41) is 11.4. The number of aliphatic hydroxyl groups excluding tert-OH is 1. The molecule has 2 aliphatic rings. The van der Waals surface area contributed by atoms with Crippen LogP contribution in [0.15, 0.2) is 22.1 Å². The van der Waals surface area contributed by atoms with Gasteiger partial charge in [-0.25, -0.2) is 4.79 Å². The van der Waals surface area contributed by atoms with Crippen LogP contribution in [0.3, 0.4) is 0 Å². The molecule has 0 bridgehead atoms. The van der Waals surface area contributed by atoms with E-state index in [1.54, 1.807) is 32.9 Å². The zero-order valence-corrected chi connectivity index (χ0v) is 19.8. The van der Waals surface area contributed by atoms with Crippen LogP contribution in [-0.4, -0.2) is 84.1 Å². The number of amides is 1. The van der Waals surface area contributed by atoms with Crippen LogP contribution in [0.1, 0.15) is 44.9 Å². The molecular formula is C24H29N3O7. The van der Waals surface area contributed by atoms with Gasteiger partial charge in [0.2, 0.25) is 0 Å². The number of furan rings is 1. The summed E-state index contributed by atoms with van der Waals surface area (Å²) in [4.78, 5) is 45.0. The first-order chi connectivity index (χ1) is 16.2. The largest absolute Gasteiger partial charge is 0.507 e. The quantitative estimate of drug-likeness (QED) is 0.284. The summed E-state index contributed by atoms with van der Waals surface area (Å²) in [5.74, 6) is -1.43. The highest BCUT2D eigenvalue weighted by atomic mass is 16.5. The van der Waals surface area contributed by atoms with Crippen LogP contribution < -0.4 is 0 Å². The predicted octanol–water partition coefficient (Wildman–Crippen LogP) is 2.07. The molecule has 2 fully saturated rings. The molecule has 4 rings (SSSR count). The van der Waals surface area contributed by atoms with Crippen LogP contribution >= 0.6 is 0 Å². The lowest BCUT2D eigenvalue weighted by molar-refractivity contribution is -0.140. The van der Waals surface area contributed by atoms with E-state index in [4.69, 9.17) is 13.9 Å². The van der Waals surface area contributed by atoms with Crippen LogP contribution in [0.2, 0.25) is 0 Å². The van der Waals surface area contributed by atoms with Gasteiger partial charge in [-0.2, -0.15) is 0 Å². The first-order valence-electron chi connectivity index (χ1n) is 11.2. The van der Waals surface area contributed by atoms with E-state index in [1.807, 2.05) is 0 Å². The van der Waals surface area contributed by atoms with Gasteiger partial charge in [0.25, 0.3) is 11.7 Å². The summed E-state index contributed by atoms with van der Waals surface area (Å²) in [7, 11) is 1.26. The normalized spacial score (nSPS) is 20.8. The Labute approximate surface area is 197 Å². The Morgan fingerprint density at radius 3 is 2.50 bits per heavy atom. The lowest BCUT2D eigenvalue weighted by atomic mass is 9.97. The van der Waals surface area contributed by atoms with Gasteiger partial charge in [-0.05, 0) is 38.5 Å². The van der Waals surface area contributed by atoms with Crippen LogP contribution in [0.4, 0.5) is 0 Å². The monoisotopic (exact) mass is 471 g/mol. The van der Waals surface area contributed by atoms with Gasteiger partial charge in [0.15, 0.2) is 0 Å². The maximum absolute atomic E-state index is 13.2. The topological polar surface area (TPSA) is 125 Å². The Kier molecular flexibility index (Phi) is 6.63. The molecule has 2 aromatic heterocycles. The first-order valence-corrected chi connectivity index (χ1v) is 11.2. The number of carbonyl (C=O) groups is 3. The predicted molar refractivity (Wildman–Crippen MR) is 121 cm³/mol. The Morgan fingerprint density at radius 2 is 1.88 bits per heavy atom.